The minimum Gasteiger partial charge on any atom is -0.508 e. The fourth-order valence-electron chi connectivity index (χ4n) is 1.04. The summed E-state index contributed by atoms with van der Waals surface area (Å²) in [5.74, 6) is 0.224. The maximum absolute atomic E-state index is 9.38. The van der Waals surface area contributed by atoms with Crippen LogP contribution in [0.5, 0.6) is 11.5 Å². The van der Waals surface area contributed by atoms with Crippen molar-refractivity contribution in [2.75, 3.05) is 0 Å². The first-order valence-corrected chi connectivity index (χ1v) is 3.72. The van der Waals surface area contributed by atoms with Crippen LogP contribution in [0.2, 0.25) is 0 Å². The first-order valence-electron chi connectivity index (χ1n) is 3.72. The normalized spacial score (nSPS) is 11.6. The van der Waals surface area contributed by atoms with Crippen molar-refractivity contribution in [1.29, 1.82) is 0 Å². The highest BCUT2D eigenvalue weighted by molar-refractivity contribution is 5.42. The molecule has 4 N–H and O–H groups in total. The Kier molecular flexibility index (Phi) is 1.98. The molecular formula is C9H13NO2. The second-order valence-corrected chi connectivity index (χ2v) is 3.42. The summed E-state index contributed by atoms with van der Waals surface area (Å²) in [6.45, 7) is 3.53. The van der Waals surface area contributed by atoms with E-state index in [4.69, 9.17) is 10.8 Å². The molecule has 0 atom stereocenters. The summed E-state index contributed by atoms with van der Waals surface area (Å²) in [5.41, 5.74) is 5.66. The van der Waals surface area contributed by atoms with E-state index in [-0.39, 0.29) is 11.5 Å². The van der Waals surface area contributed by atoms with Crippen molar-refractivity contribution >= 4 is 0 Å². The van der Waals surface area contributed by atoms with E-state index in [0.717, 1.165) is 0 Å². The van der Waals surface area contributed by atoms with E-state index < -0.39 is 5.54 Å². The summed E-state index contributed by atoms with van der Waals surface area (Å²) in [7, 11) is 0. The molecule has 0 aliphatic rings. The van der Waals surface area contributed by atoms with E-state index in [1.54, 1.807) is 13.8 Å². The largest absolute Gasteiger partial charge is 0.508 e. The molecule has 0 heterocycles. The third-order valence-corrected chi connectivity index (χ3v) is 1.67. The third kappa shape index (κ3) is 1.68. The van der Waals surface area contributed by atoms with Crippen LogP contribution in [-0.2, 0) is 5.54 Å². The Hall–Kier alpha value is -1.22. The first kappa shape index (κ1) is 8.87. The molecule has 0 aromatic heterocycles. The lowest BCUT2D eigenvalue weighted by atomic mass is 9.94. The van der Waals surface area contributed by atoms with Crippen LogP contribution >= 0.6 is 0 Å². The molecule has 0 aliphatic carbocycles. The summed E-state index contributed by atoms with van der Waals surface area (Å²) in [4.78, 5) is 0. The molecule has 0 saturated heterocycles. The second kappa shape index (κ2) is 2.68. The van der Waals surface area contributed by atoms with E-state index in [1.807, 2.05) is 0 Å². The fourth-order valence-corrected chi connectivity index (χ4v) is 1.04. The summed E-state index contributed by atoms with van der Waals surface area (Å²) >= 11 is 0. The van der Waals surface area contributed by atoms with Crippen LogP contribution < -0.4 is 5.73 Å². The molecule has 3 nitrogen and oxygen atoms in total. The average molecular weight is 167 g/mol. The molecule has 0 amide bonds. The van der Waals surface area contributed by atoms with Crippen molar-refractivity contribution in [3.63, 3.8) is 0 Å². The van der Waals surface area contributed by atoms with Crippen LogP contribution in [0.4, 0.5) is 0 Å². The zero-order valence-corrected chi connectivity index (χ0v) is 7.20. The van der Waals surface area contributed by atoms with Gasteiger partial charge in [-0.2, -0.15) is 0 Å². The van der Waals surface area contributed by atoms with E-state index >= 15 is 0 Å². The van der Waals surface area contributed by atoms with Gasteiger partial charge in [0, 0.05) is 11.1 Å². The van der Waals surface area contributed by atoms with Gasteiger partial charge in [0.05, 0.1) is 0 Å². The number of benzene rings is 1. The number of phenols is 2. The van der Waals surface area contributed by atoms with Gasteiger partial charge in [0.2, 0.25) is 0 Å². The number of hydrogen-bond donors (Lipinski definition) is 3. The van der Waals surface area contributed by atoms with Gasteiger partial charge in [-0.25, -0.2) is 0 Å². The highest BCUT2D eigenvalue weighted by atomic mass is 16.3. The van der Waals surface area contributed by atoms with Gasteiger partial charge < -0.3 is 15.9 Å². The molecule has 12 heavy (non-hydrogen) atoms. The van der Waals surface area contributed by atoms with Crippen LogP contribution in [0.15, 0.2) is 18.2 Å². The molecule has 0 fully saturated rings. The Morgan fingerprint density at radius 1 is 1.25 bits per heavy atom. The SMILES string of the molecule is CC(C)(N)c1cc(O)ccc1O. The lowest BCUT2D eigenvalue weighted by Gasteiger charge is -2.20. The zero-order chi connectivity index (χ0) is 9.35. The number of aromatic hydroxyl groups is 2. The predicted octanol–water partition coefficient (Wildman–Crippen LogP) is 1.29. The molecule has 0 unspecified atom stereocenters. The first-order chi connectivity index (χ1) is 5.41. The van der Waals surface area contributed by atoms with Gasteiger partial charge >= 0.3 is 0 Å². The minimum absolute atomic E-state index is 0.111. The van der Waals surface area contributed by atoms with Crippen molar-refractivity contribution in [3.8, 4) is 11.5 Å². The maximum Gasteiger partial charge on any atom is 0.120 e. The number of hydrogen-bond acceptors (Lipinski definition) is 3. The highest BCUT2D eigenvalue weighted by Gasteiger charge is 2.18. The monoisotopic (exact) mass is 167 g/mol. The molecule has 1 aromatic carbocycles. The van der Waals surface area contributed by atoms with E-state index in [2.05, 4.69) is 0 Å². The molecule has 66 valence electrons. The Balaban J connectivity index is 3.23. The average Bonchev–Trinajstić information content (AvgIpc) is 1.92. The van der Waals surface area contributed by atoms with Crippen LogP contribution in [0.3, 0.4) is 0 Å². The topological polar surface area (TPSA) is 66.5 Å². The van der Waals surface area contributed by atoms with Gasteiger partial charge in [0.1, 0.15) is 11.5 Å². The molecule has 0 spiro atoms. The predicted molar refractivity (Wildman–Crippen MR) is 47.0 cm³/mol. The van der Waals surface area contributed by atoms with Gasteiger partial charge in [-0.1, -0.05) is 0 Å². The van der Waals surface area contributed by atoms with Gasteiger partial charge in [-0.15, -0.1) is 0 Å². The van der Waals surface area contributed by atoms with Crippen LogP contribution in [0.1, 0.15) is 19.4 Å². The smallest absolute Gasteiger partial charge is 0.120 e. The summed E-state index contributed by atoms with van der Waals surface area (Å²) in [5, 5.41) is 18.5. The Morgan fingerprint density at radius 2 is 1.83 bits per heavy atom. The molecular weight excluding hydrogens is 154 g/mol. The molecule has 3 heteroatoms. The highest BCUT2D eigenvalue weighted by Crippen LogP contribution is 2.29. The zero-order valence-electron chi connectivity index (χ0n) is 7.20. The van der Waals surface area contributed by atoms with E-state index in [0.29, 0.717) is 5.56 Å². The number of nitrogens with two attached hydrogens (primary N) is 1. The summed E-state index contributed by atoms with van der Waals surface area (Å²) in [6.07, 6.45) is 0. The van der Waals surface area contributed by atoms with Gasteiger partial charge in [-0.3, -0.25) is 0 Å². The maximum atomic E-state index is 9.38. The summed E-state index contributed by atoms with van der Waals surface area (Å²) < 4.78 is 0. The Morgan fingerprint density at radius 3 is 2.25 bits per heavy atom. The molecule has 0 radical (unpaired) electrons. The van der Waals surface area contributed by atoms with Crippen LogP contribution in [0.25, 0.3) is 0 Å². The van der Waals surface area contributed by atoms with Crippen molar-refractivity contribution in [1.82, 2.24) is 0 Å². The second-order valence-electron chi connectivity index (χ2n) is 3.42. The van der Waals surface area contributed by atoms with Crippen molar-refractivity contribution in [2.24, 2.45) is 5.73 Å². The van der Waals surface area contributed by atoms with Crippen molar-refractivity contribution in [3.05, 3.63) is 23.8 Å². The quantitative estimate of drug-likeness (QED) is 0.552. The Labute approximate surface area is 71.5 Å². The van der Waals surface area contributed by atoms with Crippen molar-refractivity contribution < 1.29 is 10.2 Å². The van der Waals surface area contributed by atoms with Crippen LogP contribution in [-0.4, -0.2) is 10.2 Å². The number of rotatable bonds is 1. The van der Waals surface area contributed by atoms with Gasteiger partial charge in [0.25, 0.3) is 0 Å². The number of phenolic OH excluding ortho intramolecular Hbond substituents is 2. The lowest BCUT2D eigenvalue weighted by Crippen LogP contribution is -2.28. The molecule has 0 bridgehead atoms. The Bertz CT molecular complexity index is 289. The van der Waals surface area contributed by atoms with Crippen molar-refractivity contribution in [2.45, 2.75) is 19.4 Å². The van der Waals surface area contributed by atoms with E-state index in [1.165, 1.54) is 18.2 Å². The van der Waals surface area contributed by atoms with Gasteiger partial charge in [-0.05, 0) is 32.0 Å². The standard InChI is InChI=1S/C9H13NO2/c1-9(2,10)7-5-6(11)3-4-8(7)12/h3-5,11-12H,10H2,1-2H3. The fraction of sp³-hybridized carbons (Fsp3) is 0.333. The van der Waals surface area contributed by atoms with Crippen LogP contribution in [0, 0.1) is 0 Å². The lowest BCUT2D eigenvalue weighted by molar-refractivity contribution is 0.429. The molecule has 0 aliphatic heterocycles. The van der Waals surface area contributed by atoms with Gasteiger partial charge in [0.15, 0.2) is 0 Å². The molecule has 0 saturated carbocycles. The minimum atomic E-state index is -0.636. The molecule has 1 rings (SSSR count). The molecule has 1 aromatic rings. The summed E-state index contributed by atoms with van der Waals surface area (Å²) in [6, 6.07) is 4.32. The third-order valence-electron chi connectivity index (χ3n) is 1.67. The van der Waals surface area contributed by atoms with E-state index in [9.17, 15) is 5.11 Å².